The van der Waals surface area contributed by atoms with Crippen molar-refractivity contribution in [2.45, 2.75) is 54.3 Å². The maximum Gasteiger partial charge on any atom is 0.262 e. The van der Waals surface area contributed by atoms with Crippen LogP contribution in [0.15, 0.2) is 78.4 Å². The van der Waals surface area contributed by atoms with Gasteiger partial charge in [0, 0.05) is 28.6 Å². The summed E-state index contributed by atoms with van der Waals surface area (Å²) in [6.07, 6.45) is 16.2. The van der Waals surface area contributed by atoms with Gasteiger partial charge in [0.25, 0.3) is 5.01 Å². The summed E-state index contributed by atoms with van der Waals surface area (Å²) in [5.41, 5.74) is 4.82. The molecule has 0 unspecified atom stereocenters. The third kappa shape index (κ3) is 6.54. The highest BCUT2D eigenvalue weighted by molar-refractivity contribution is 8.03. The summed E-state index contributed by atoms with van der Waals surface area (Å²) in [4.78, 5) is 5.95. The van der Waals surface area contributed by atoms with Gasteiger partial charge >= 0.3 is 0 Å². The molecule has 1 aromatic heterocycles. The summed E-state index contributed by atoms with van der Waals surface area (Å²) in [6, 6.07) is 8.81. The lowest BCUT2D eigenvalue weighted by molar-refractivity contribution is -0.665. The largest absolute Gasteiger partial charge is 1.00 e. The molecule has 0 bridgehead atoms. The van der Waals surface area contributed by atoms with Crippen LogP contribution in [0.3, 0.4) is 0 Å². The Balaban J connectivity index is 0.00000405. The Hall–Kier alpha value is -1.68. The summed E-state index contributed by atoms with van der Waals surface area (Å²) < 4.78 is 14.9. The van der Waals surface area contributed by atoms with Crippen molar-refractivity contribution in [2.75, 3.05) is 38.2 Å². The average molecular weight is 680 g/mol. The highest BCUT2D eigenvalue weighted by Gasteiger charge is 2.26. The van der Waals surface area contributed by atoms with Gasteiger partial charge in [0.05, 0.1) is 40.8 Å². The van der Waals surface area contributed by atoms with E-state index in [1.54, 1.807) is 37.7 Å². The Morgan fingerprint density at radius 3 is 2.36 bits per heavy atom. The molecule has 42 heavy (non-hydrogen) atoms. The Morgan fingerprint density at radius 1 is 0.976 bits per heavy atom. The number of benzene rings is 2. The minimum absolute atomic E-state index is 0. The van der Waals surface area contributed by atoms with Crippen LogP contribution in [-0.2, 0) is 6.54 Å². The van der Waals surface area contributed by atoms with Gasteiger partial charge in [-0.1, -0.05) is 46.9 Å². The first-order valence-corrected chi connectivity index (χ1v) is 18.2. The number of hydrogen-bond acceptors (Lipinski definition) is 7. The molecule has 1 aliphatic heterocycles. The van der Waals surface area contributed by atoms with Gasteiger partial charge in [-0.05, 0) is 75.0 Å². The van der Waals surface area contributed by atoms with Crippen molar-refractivity contribution in [3.8, 4) is 11.5 Å². The predicted molar refractivity (Wildman–Crippen MR) is 182 cm³/mol. The van der Waals surface area contributed by atoms with E-state index >= 15 is 0 Å². The fourth-order valence-electron chi connectivity index (χ4n) is 5.31. The minimum Gasteiger partial charge on any atom is -1.00 e. The molecule has 224 valence electrons. The summed E-state index contributed by atoms with van der Waals surface area (Å²) in [7, 11) is 3.48. The third-order valence-electron chi connectivity index (χ3n) is 7.42. The van der Waals surface area contributed by atoms with Crippen LogP contribution in [-0.4, -0.2) is 33.3 Å². The lowest BCUT2D eigenvalue weighted by Crippen LogP contribution is -3.00. The Kier molecular flexibility index (Phi) is 11.8. The maximum absolute atomic E-state index is 7.04. The average Bonchev–Trinajstić information content (AvgIpc) is 3.53. The smallest absolute Gasteiger partial charge is 0.262 e. The van der Waals surface area contributed by atoms with E-state index in [2.05, 4.69) is 84.4 Å². The number of aryl methyl sites for hydroxylation is 1. The second kappa shape index (κ2) is 14.9. The summed E-state index contributed by atoms with van der Waals surface area (Å²) in [6.45, 7) is 6.17. The van der Waals surface area contributed by atoms with Gasteiger partial charge in [0.2, 0.25) is 5.52 Å². The van der Waals surface area contributed by atoms with Gasteiger partial charge < -0.3 is 26.8 Å². The van der Waals surface area contributed by atoms with E-state index < -0.39 is 0 Å². The Labute approximate surface area is 277 Å². The molecule has 10 heteroatoms. The molecule has 0 fully saturated rings. The highest BCUT2D eigenvalue weighted by atomic mass is 35.5. The van der Waals surface area contributed by atoms with E-state index in [0.717, 1.165) is 58.7 Å². The van der Waals surface area contributed by atoms with Crippen molar-refractivity contribution < 1.29 is 26.4 Å². The molecule has 0 spiro atoms. The number of halogens is 2. The second-order valence-electron chi connectivity index (χ2n) is 9.60. The molecule has 0 saturated heterocycles. The fourth-order valence-corrected chi connectivity index (χ4v) is 9.23. The molecule has 0 atom stereocenters. The second-order valence-corrected chi connectivity index (χ2v) is 13.8. The highest BCUT2D eigenvalue weighted by Crippen LogP contribution is 2.50. The maximum atomic E-state index is 7.04. The first-order chi connectivity index (χ1) is 20.0. The number of rotatable bonds is 9. The molecular formula is C32H36Cl2N2O2S4. The first kappa shape index (κ1) is 33.2. The standard InChI is InChI=1S/C32H36ClN2O2S4.ClH/c1-7-34-22-16-24(36-3)28(38-5)18-26(22)40-30(34)14-12-20-10-9-11-21(32(20)33)13-15-31-35(8-2)23-17-25(37-4)29(39-6)19-27(23)41-31;/h12-19H,7-11H2,1-6H3;1H/q+1;/p-1. The zero-order chi connectivity index (χ0) is 29.1. The molecule has 2 heterocycles. The van der Waals surface area contributed by atoms with Crippen LogP contribution in [0, 0.1) is 0 Å². The van der Waals surface area contributed by atoms with Crippen LogP contribution in [0.25, 0.3) is 16.3 Å². The molecule has 0 radical (unpaired) electrons. The van der Waals surface area contributed by atoms with Crippen LogP contribution in [0.1, 0.15) is 38.1 Å². The van der Waals surface area contributed by atoms with Crippen molar-refractivity contribution in [3.05, 3.63) is 68.7 Å². The summed E-state index contributed by atoms with van der Waals surface area (Å²) in [5, 5.41) is 3.32. The van der Waals surface area contributed by atoms with E-state index in [-0.39, 0.29) is 12.4 Å². The number of thioether (sulfide) groups is 3. The molecule has 0 saturated carbocycles. The Morgan fingerprint density at radius 2 is 1.69 bits per heavy atom. The molecule has 4 nitrogen and oxygen atoms in total. The van der Waals surface area contributed by atoms with E-state index in [0.29, 0.717) is 0 Å². The number of allylic oxidation sites excluding steroid dienone is 6. The lowest BCUT2D eigenvalue weighted by atomic mass is 9.94. The topological polar surface area (TPSA) is 25.6 Å². The van der Waals surface area contributed by atoms with Crippen LogP contribution in [0.2, 0.25) is 0 Å². The van der Waals surface area contributed by atoms with Crippen molar-refractivity contribution >= 4 is 80.2 Å². The number of nitrogens with zero attached hydrogens (tertiary/aromatic N) is 2. The first-order valence-electron chi connectivity index (χ1n) is 13.7. The molecule has 5 rings (SSSR count). The van der Waals surface area contributed by atoms with Crippen molar-refractivity contribution in [1.29, 1.82) is 0 Å². The van der Waals surface area contributed by atoms with Gasteiger partial charge in [-0.2, -0.15) is 4.57 Å². The van der Waals surface area contributed by atoms with Gasteiger partial charge in [0.1, 0.15) is 22.7 Å². The quantitative estimate of drug-likeness (QED) is 0.183. The van der Waals surface area contributed by atoms with Gasteiger partial charge in [-0.25, -0.2) is 0 Å². The van der Waals surface area contributed by atoms with E-state index in [1.165, 1.54) is 42.0 Å². The van der Waals surface area contributed by atoms with E-state index in [1.807, 2.05) is 23.1 Å². The van der Waals surface area contributed by atoms with Gasteiger partial charge in [-0.15, -0.1) is 23.5 Å². The monoisotopic (exact) mass is 678 g/mol. The molecule has 3 aromatic rings. The van der Waals surface area contributed by atoms with Crippen LogP contribution in [0.4, 0.5) is 5.69 Å². The summed E-state index contributed by atoms with van der Waals surface area (Å²) >= 11 is 14.1. The van der Waals surface area contributed by atoms with Crippen LogP contribution in [0.5, 0.6) is 11.5 Å². The normalized spacial score (nSPS) is 17.1. The molecule has 0 amide bonds. The van der Waals surface area contributed by atoms with E-state index in [4.69, 9.17) is 21.1 Å². The third-order valence-corrected chi connectivity index (χ3v) is 11.6. The number of fused-ring (bicyclic) bond motifs is 2. The van der Waals surface area contributed by atoms with Gasteiger partial charge in [0.15, 0.2) is 0 Å². The number of thiazole rings is 1. The van der Waals surface area contributed by atoms with Crippen molar-refractivity contribution in [2.24, 2.45) is 0 Å². The zero-order valence-corrected chi connectivity index (χ0v) is 29.5. The van der Waals surface area contributed by atoms with Crippen molar-refractivity contribution in [3.63, 3.8) is 0 Å². The zero-order valence-electron chi connectivity index (χ0n) is 24.8. The SMILES string of the molecule is CCN1/C(=C/C=C2\CCCC(/C=C/c3sc4cc(SC)c(OC)cc4[n+]3CC)=C2Cl)Sc2cc(SC)c(OC)cc21.[Cl-]. The molecule has 2 aromatic carbocycles. The molecule has 1 aliphatic carbocycles. The Bertz CT molecular complexity index is 1590. The van der Waals surface area contributed by atoms with E-state index in [9.17, 15) is 0 Å². The van der Waals surface area contributed by atoms with Crippen LogP contribution >= 0.6 is 58.2 Å². The summed E-state index contributed by atoms with van der Waals surface area (Å²) in [5.74, 6) is 1.85. The van der Waals surface area contributed by atoms with Gasteiger partial charge in [-0.3, -0.25) is 0 Å². The lowest BCUT2D eigenvalue weighted by Gasteiger charge is -2.19. The molecular weight excluding hydrogens is 644 g/mol. The molecule has 2 aliphatic rings. The number of aromatic nitrogens is 1. The number of methoxy groups -OCH3 is 2. The van der Waals surface area contributed by atoms with Crippen LogP contribution < -0.4 is 31.3 Å². The fraction of sp³-hybridized carbons (Fsp3) is 0.344. The number of anilines is 1. The van der Waals surface area contributed by atoms with Crippen molar-refractivity contribution in [1.82, 2.24) is 0 Å². The predicted octanol–water partition coefficient (Wildman–Crippen LogP) is 6.76. The minimum atomic E-state index is 0. The number of hydrogen-bond donors (Lipinski definition) is 0. The molecule has 0 N–H and O–H groups in total. The number of ether oxygens (including phenoxy) is 2.